The topological polar surface area (TPSA) is 12.0 Å². The number of thiophene rings is 1. The van der Waals surface area contributed by atoms with Crippen molar-refractivity contribution in [3.63, 3.8) is 0 Å². The van der Waals surface area contributed by atoms with E-state index in [0.717, 1.165) is 13.0 Å². The van der Waals surface area contributed by atoms with Crippen LogP contribution in [0.15, 0.2) is 35.0 Å². The van der Waals surface area contributed by atoms with Gasteiger partial charge in [-0.3, -0.25) is 0 Å². The Kier molecular flexibility index (Phi) is 3.62. The number of hydrogen-bond donors (Lipinski definition) is 1. The molecule has 0 radical (unpaired) electrons. The molecular weight excluding hydrogens is 214 g/mol. The molecule has 16 heavy (non-hydrogen) atoms. The Labute approximate surface area is 101 Å². The number of benzene rings is 1. The van der Waals surface area contributed by atoms with Gasteiger partial charge in [-0.1, -0.05) is 6.07 Å². The largest absolute Gasteiger partial charge is 0.385 e. The lowest BCUT2D eigenvalue weighted by Gasteiger charge is -2.07. The number of anilines is 1. The van der Waals surface area contributed by atoms with E-state index in [-0.39, 0.29) is 0 Å². The van der Waals surface area contributed by atoms with Crippen LogP contribution in [0.25, 0.3) is 0 Å². The second-order valence-electron chi connectivity index (χ2n) is 4.18. The summed E-state index contributed by atoms with van der Waals surface area (Å²) in [6.45, 7) is 5.27. The number of aryl methyl sites for hydroxylation is 2. The standard InChI is InChI=1S/C14H17NS/c1-11-7-12(2)9-14(8-11)15-5-3-13-4-6-16-10-13/h4,6-10,15H,3,5H2,1-2H3. The second-order valence-corrected chi connectivity index (χ2v) is 4.96. The summed E-state index contributed by atoms with van der Waals surface area (Å²) in [5, 5.41) is 7.81. The molecule has 0 saturated heterocycles. The quantitative estimate of drug-likeness (QED) is 0.838. The van der Waals surface area contributed by atoms with Crippen molar-refractivity contribution < 1.29 is 0 Å². The highest BCUT2D eigenvalue weighted by molar-refractivity contribution is 7.07. The Balaban J connectivity index is 1.89. The summed E-state index contributed by atoms with van der Waals surface area (Å²) in [5.74, 6) is 0. The van der Waals surface area contributed by atoms with E-state index >= 15 is 0 Å². The van der Waals surface area contributed by atoms with Gasteiger partial charge in [-0.25, -0.2) is 0 Å². The van der Waals surface area contributed by atoms with Crippen LogP contribution in [0.4, 0.5) is 5.69 Å². The van der Waals surface area contributed by atoms with E-state index in [9.17, 15) is 0 Å². The van der Waals surface area contributed by atoms with Crippen molar-refractivity contribution in [1.82, 2.24) is 0 Å². The highest BCUT2D eigenvalue weighted by Gasteiger charge is 1.96. The molecule has 0 spiro atoms. The molecule has 0 aliphatic heterocycles. The summed E-state index contributed by atoms with van der Waals surface area (Å²) >= 11 is 1.76. The molecule has 1 heterocycles. The summed E-state index contributed by atoms with van der Waals surface area (Å²) in [7, 11) is 0. The normalized spacial score (nSPS) is 10.4. The molecule has 1 N–H and O–H groups in total. The fourth-order valence-electron chi connectivity index (χ4n) is 1.86. The van der Waals surface area contributed by atoms with Crippen molar-refractivity contribution in [2.45, 2.75) is 20.3 Å². The number of rotatable bonds is 4. The van der Waals surface area contributed by atoms with Gasteiger partial charge in [-0.15, -0.1) is 0 Å². The number of nitrogens with one attached hydrogen (secondary N) is 1. The molecule has 1 aromatic carbocycles. The van der Waals surface area contributed by atoms with Crippen molar-refractivity contribution >= 4 is 17.0 Å². The van der Waals surface area contributed by atoms with Gasteiger partial charge in [0.25, 0.3) is 0 Å². The first-order chi connectivity index (χ1) is 7.74. The van der Waals surface area contributed by atoms with Crippen molar-refractivity contribution in [1.29, 1.82) is 0 Å². The molecule has 0 saturated carbocycles. The van der Waals surface area contributed by atoms with Crippen molar-refractivity contribution in [2.24, 2.45) is 0 Å². The van der Waals surface area contributed by atoms with Crippen LogP contribution >= 0.6 is 11.3 Å². The van der Waals surface area contributed by atoms with E-state index in [4.69, 9.17) is 0 Å². The Morgan fingerprint density at radius 1 is 1.12 bits per heavy atom. The predicted molar refractivity (Wildman–Crippen MR) is 72.4 cm³/mol. The van der Waals surface area contributed by atoms with Crippen LogP contribution in [-0.2, 0) is 6.42 Å². The van der Waals surface area contributed by atoms with Gasteiger partial charge in [-0.2, -0.15) is 11.3 Å². The molecule has 0 unspecified atom stereocenters. The minimum Gasteiger partial charge on any atom is -0.385 e. The van der Waals surface area contributed by atoms with E-state index in [1.165, 1.54) is 22.4 Å². The summed E-state index contributed by atoms with van der Waals surface area (Å²) in [4.78, 5) is 0. The lowest BCUT2D eigenvalue weighted by Crippen LogP contribution is -2.04. The van der Waals surface area contributed by atoms with Crippen LogP contribution < -0.4 is 5.32 Å². The minimum atomic E-state index is 1.000. The maximum absolute atomic E-state index is 3.47. The fraction of sp³-hybridized carbons (Fsp3) is 0.286. The Morgan fingerprint density at radius 3 is 2.50 bits per heavy atom. The lowest BCUT2D eigenvalue weighted by atomic mass is 10.1. The smallest absolute Gasteiger partial charge is 0.0345 e. The molecule has 0 aliphatic carbocycles. The zero-order valence-corrected chi connectivity index (χ0v) is 10.6. The third-order valence-electron chi connectivity index (χ3n) is 2.54. The predicted octanol–water partition coefficient (Wildman–Crippen LogP) is 4.02. The molecule has 2 heteroatoms. The van der Waals surface area contributed by atoms with Gasteiger partial charge in [0.1, 0.15) is 0 Å². The maximum Gasteiger partial charge on any atom is 0.0345 e. The van der Waals surface area contributed by atoms with Gasteiger partial charge in [0.2, 0.25) is 0 Å². The zero-order chi connectivity index (χ0) is 11.4. The van der Waals surface area contributed by atoms with Crippen molar-refractivity contribution in [2.75, 3.05) is 11.9 Å². The van der Waals surface area contributed by atoms with E-state index in [1.54, 1.807) is 11.3 Å². The molecule has 0 bridgehead atoms. The molecule has 1 aromatic heterocycles. The van der Waals surface area contributed by atoms with Crippen LogP contribution in [-0.4, -0.2) is 6.54 Å². The molecule has 0 fully saturated rings. The monoisotopic (exact) mass is 231 g/mol. The molecule has 1 nitrogen and oxygen atoms in total. The van der Waals surface area contributed by atoms with Crippen LogP contribution in [0, 0.1) is 13.8 Å². The van der Waals surface area contributed by atoms with Gasteiger partial charge in [0, 0.05) is 12.2 Å². The summed E-state index contributed by atoms with van der Waals surface area (Å²) < 4.78 is 0. The Morgan fingerprint density at radius 2 is 1.88 bits per heavy atom. The highest BCUT2D eigenvalue weighted by atomic mass is 32.1. The Bertz CT molecular complexity index is 426. The summed E-state index contributed by atoms with van der Waals surface area (Å²) in [6, 6.07) is 8.78. The minimum absolute atomic E-state index is 1.000. The van der Waals surface area contributed by atoms with Gasteiger partial charge in [0.15, 0.2) is 0 Å². The van der Waals surface area contributed by atoms with Gasteiger partial charge in [0.05, 0.1) is 0 Å². The average molecular weight is 231 g/mol. The van der Waals surface area contributed by atoms with Crippen LogP contribution in [0.1, 0.15) is 16.7 Å². The molecule has 2 aromatic rings. The SMILES string of the molecule is Cc1cc(C)cc(NCCc2ccsc2)c1. The van der Waals surface area contributed by atoms with Crippen LogP contribution in [0.5, 0.6) is 0 Å². The van der Waals surface area contributed by atoms with Crippen LogP contribution in [0.3, 0.4) is 0 Å². The Hall–Kier alpha value is -1.28. The average Bonchev–Trinajstić information content (AvgIpc) is 2.69. The molecule has 0 atom stereocenters. The molecular formula is C14H17NS. The molecule has 84 valence electrons. The van der Waals surface area contributed by atoms with Crippen molar-refractivity contribution in [3.8, 4) is 0 Å². The third kappa shape index (κ3) is 3.11. The third-order valence-corrected chi connectivity index (χ3v) is 3.28. The first-order valence-corrected chi connectivity index (χ1v) is 6.51. The van der Waals surface area contributed by atoms with Crippen LogP contribution in [0.2, 0.25) is 0 Å². The molecule has 0 aliphatic rings. The van der Waals surface area contributed by atoms with E-state index in [2.05, 4.69) is 54.2 Å². The first-order valence-electron chi connectivity index (χ1n) is 5.57. The summed E-state index contributed by atoms with van der Waals surface area (Å²) in [6.07, 6.45) is 1.09. The van der Waals surface area contributed by atoms with E-state index in [1.807, 2.05) is 0 Å². The van der Waals surface area contributed by atoms with Gasteiger partial charge in [-0.05, 0) is 65.9 Å². The van der Waals surface area contributed by atoms with E-state index < -0.39 is 0 Å². The second kappa shape index (κ2) is 5.17. The summed E-state index contributed by atoms with van der Waals surface area (Å²) in [5.41, 5.74) is 5.28. The fourth-order valence-corrected chi connectivity index (χ4v) is 2.57. The molecule has 2 rings (SSSR count). The maximum atomic E-state index is 3.47. The first kappa shape index (κ1) is 11.2. The lowest BCUT2D eigenvalue weighted by molar-refractivity contribution is 1.03. The van der Waals surface area contributed by atoms with Gasteiger partial charge < -0.3 is 5.32 Å². The number of hydrogen-bond acceptors (Lipinski definition) is 2. The van der Waals surface area contributed by atoms with Crippen molar-refractivity contribution in [3.05, 3.63) is 51.7 Å². The molecule has 0 amide bonds. The highest BCUT2D eigenvalue weighted by Crippen LogP contribution is 2.14. The van der Waals surface area contributed by atoms with E-state index in [0.29, 0.717) is 0 Å². The zero-order valence-electron chi connectivity index (χ0n) is 9.79. The van der Waals surface area contributed by atoms with Gasteiger partial charge >= 0.3 is 0 Å².